The molecule has 0 heterocycles. The minimum Gasteiger partial charge on any atom is -0.493 e. The number of rotatable bonds is 5. The first kappa shape index (κ1) is 17.0. The number of carbonyl (C=O) groups excluding carboxylic acids is 1. The first-order valence-electron chi connectivity index (χ1n) is 7.93. The smallest absolute Gasteiger partial charge is 0.272 e. The molecule has 0 radical (unpaired) electrons. The highest BCUT2D eigenvalue weighted by Crippen LogP contribution is 2.26. The molecule has 0 aromatic heterocycles. The number of hydrogen-bond donors (Lipinski definition) is 1. The van der Waals surface area contributed by atoms with Crippen molar-refractivity contribution < 1.29 is 9.53 Å². The minimum atomic E-state index is -0.361. The molecule has 0 saturated carbocycles. The molecule has 3 aromatic carbocycles. The van der Waals surface area contributed by atoms with Gasteiger partial charge in [-0.3, -0.25) is 4.79 Å². The molecule has 0 atom stereocenters. The van der Waals surface area contributed by atoms with Gasteiger partial charge in [-0.15, -0.1) is 0 Å². The number of benzene rings is 3. The number of carbonyl (C=O) groups is 1. The average molecular weight is 353 g/mol. The number of fused-ring (bicyclic) bond motifs is 1. The predicted octanol–water partition coefficient (Wildman–Crippen LogP) is 4.66. The molecule has 4 nitrogen and oxygen atoms in total. The normalized spacial score (nSPS) is 11.0. The molecule has 126 valence electrons. The van der Waals surface area contributed by atoms with Crippen LogP contribution in [0.2, 0.25) is 5.02 Å². The van der Waals surface area contributed by atoms with Crippen LogP contribution in [0.3, 0.4) is 0 Å². The standard InChI is InChI=1S/C20H17ClN2O2/c1-2-25-19-12-11-14-7-3-4-8-15(14)17(19)13-22-23-20(24)16-9-5-6-10-18(16)21/h3-13H,2H2,1H3,(H,23,24)/b22-13-. The second-order valence-corrected chi connectivity index (χ2v) is 5.72. The third-order valence-electron chi connectivity index (χ3n) is 3.71. The predicted molar refractivity (Wildman–Crippen MR) is 102 cm³/mol. The van der Waals surface area contributed by atoms with Gasteiger partial charge in [0.1, 0.15) is 5.75 Å². The van der Waals surface area contributed by atoms with E-state index in [0.717, 1.165) is 22.1 Å². The Morgan fingerprint density at radius 1 is 1.12 bits per heavy atom. The van der Waals surface area contributed by atoms with Crippen molar-refractivity contribution in [2.45, 2.75) is 6.92 Å². The van der Waals surface area contributed by atoms with Gasteiger partial charge < -0.3 is 4.74 Å². The maximum Gasteiger partial charge on any atom is 0.272 e. The third-order valence-corrected chi connectivity index (χ3v) is 4.04. The van der Waals surface area contributed by atoms with Crippen molar-refractivity contribution in [1.82, 2.24) is 5.43 Å². The van der Waals surface area contributed by atoms with Gasteiger partial charge in [0, 0.05) is 5.56 Å². The molecule has 1 N–H and O–H groups in total. The van der Waals surface area contributed by atoms with E-state index in [2.05, 4.69) is 10.5 Å². The Bertz CT molecular complexity index is 938. The van der Waals surface area contributed by atoms with Crippen LogP contribution in [0.5, 0.6) is 5.75 Å². The average Bonchev–Trinajstić information content (AvgIpc) is 2.63. The lowest BCUT2D eigenvalue weighted by atomic mass is 10.0. The highest BCUT2D eigenvalue weighted by Gasteiger charge is 2.09. The summed E-state index contributed by atoms with van der Waals surface area (Å²) in [5.74, 6) is 0.358. The van der Waals surface area contributed by atoms with Gasteiger partial charge in [-0.2, -0.15) is 5.10 Å². The molecular weight excluding hydrogens is 336 g/mol. The third kappa shape index (κ3) is 3.80. The largest absolute Gasteiger partial charge is 0.493 e. The van der Waals surface area contributed by atoms with Crippen molar-refractivity contribution in [3.63, 3.8) is 0 Å². The molecule has 3 aromatic rings. The van der Waals surface area contributed by atoms with Crippen molar-refractivity contribution in [2.24, 2.45) is 5.10 Å². The molecule has 0 spiro atoms. The van der Waals surface area contributed by atoms with Crippen LogP contribution in [0.25, 0.3) is 10.8 Å². The van der Waals surface area contributed by atoms with Gasteiger partial charge in [-0.05, 0) is 35.9 Å². The van der Waals surface area contributed by atoms with Crippen molar-refractivity contribution >= 4 is 34.5 Å². The van der Waals surface area contributed by atoms with E-state index in [4.69, 9.17) is 16.3 Å². The molecule has 1 amide bonds. The maximum absolute atomic E-state index is 12.2. The Balaban J connectivity index is 1.89. The summed E-state index contributed by atoms with van der Waals surface area (Å²) >= 11 is 6.03. The molecule has 0 aliphatic carbocycles. The number of ether oxygens (including phenoxy) is 1. The fourth-order valence-corrected chi connectivity index (χ4v) is 2.77. The number of halogens is 1. The van der Waals surface area contributed by atoms with Crippen LogP contribution in [0.4, 0.5) is 0 Å². The van der Waals surface area contributed by atoms with Crippen LogP contribution in [0.1, 0.15) is 22.8 Å². The Kier molecular flexibility index (Phi) is 5.31. The number of amides is 1. The van der Waals surface area contributed by atoms with E-state index in [1.54, 1.807) is 30.5 Å². The lowest BCUT2D eigenvalue weighted by Crippen LogP contribution is -2.18. The fraction of sp³-hybridized carbons (Fsp3) is 0.100. The molecule has 5 heteroatoms. The molecule has 0 fully saturated rings. The van der Waals surface area contributed by atoms with Crippen LogP contribution in [0.15, 0.2) is 65.8 Å². The van der Waals surface area contributed by atoms with Crippen molar-refractivity contribution in [1.29, 1.82) is 0 Å². The summed E-state index contributed by atoms with van der Waals surface area (Å²) < 4.78 is 5.68. The van der Waals surface area contributed by atoms with Crippen LogP contribution < -0.4 is 10.2 Å². The summed E-state index contributed by atoms with van der Waals surface area (Å²) in [5.41, 5.74) is 3.71. The van der Waals surface area contributed by atoms with E-state index in [0.29, 0.717) is 17.2 Å². The lowest BCUT2D eigenvalue weighted by molar-refractivity contribution is 0.0955. The number of hydrogen-bond acceptors (Lipinski definition) is 3. The fourth-order valence-electron chi connectivity index (χ4n) is 2.55. The van der Waals surface area contributed by atoms with Gasteiger partial charge in [0.05, 0.1) is 23.4 Å². The summed E-state index contributed by atoms with van der Waals surface area (Å²) in [7, 11) is 0. The second kappa shape index (κ2) is 7.81. The summed E-state index contributed by atoms with van der Waals surface area (Å²) in [4.78, 5) is 12.2. The zero-order valence-electron chi connectivity index (χ0n) is 13.7. The maximum atomic E-state index is 12.2. The topological polar surface area (TPSA) is 50.7 Å². The highest BCUT2D eigenvalue weighted by atomic mass is 35.5. The van der Waals surface area contributed by atoms with Gasteiger partial charge in [0.25, 0.3) is 5.91 Å². The van der Waals surface area contributed by atoms with E-state index in [1.165, 1.54) is 0 Å². The van der Waals surface area contributed by atoms with Crippen LogP contribution in [-0.2, 0) is 0 Å². The van der Waals surface area contributed by atoms with E-state index in [-0.39, 0.29) is 5.91 Å². The van der Waals surface area contributed by atoms with E-state index < -0.39 is 0 Å². The zero-order chi connectivity index (χ0) is 17.6. The molecule has 25 heavy (non-hydrogen) atoms. The number of hydrazone groups is 1. The summed E-state index contributed by atoms with van der Waals surface area (Å²) in [6.07, 6.45) is 1.60. The SMILES string of the molecule is CCOc1ccc2ccccc2c1/C=N\NC(=O)c1ccccc1Cl. The van der Waals surface area contributed by atoms with Crippen LogP contribution in [-0.4, -0.2) is 18.7 Å². The molecule has 0 bridgehead atoms. The van der Waals surface area contributed by atoms with Gasteiger partial charge >= 0.3 is 0 Å². The Morgan fingerprint density at radius 3 is 2.68 bits per heavy atom. The van der Waals surface area contributed by atoms with Crippen LogP contribution in [0, 0.1) is 0 Å². The van der Waals surface area contributed by atoms with E-state index >= 15 is 0 Å². The quantitative estimate of drug-likeness (QED) is 0.536. The van der Waals surface area contributed by atoms with Gasteiger partial charge in [-0.25, -0.2) is 5.43 Å². The number of nitrogens with zero attached hydrogens (tertiary/aromatic N) is 1. The molecule has 0 aliphatic heterocycles. The lowest BCUT2D eigenvalue weighted by Gasteiger charge is -2.10. The van der Waals surface area contributed by atoms with Gasteiger partial charge in [-0.1, -0.05) is 54.1 Å². The van der Waals surface area contributed by atoms with E-state index in [1.807, 2.05) is 43.3 Å². The minimum absolute atomic E-state index is 0.361. The second-order valence-electron chi connectivity index (χ2n) is 5.31. The van der Waals surface area contributed by atoms with Crippen molar-refractivity contribution in [3.05, 3.63) is 76.8 Å². The first-order chi connectivity index (χ1) is 12.2. The summed E-state index contributed by atoms with van der Waals surface area (Å²) in [6.45, 7) is 2.47. The molecule has 0 saturated heterocycles. The monoisotopic (exact) mass is 352 g/mol. The Hall–Kier alpha value is -2.85. The molecule has 0 aliphatic rings. The summed E-state index contributed by atoms with van der Waals surface area (Å²) in [5, 5.41) is 6.55. The zero-order valence-corrected chi connectivity index (χ0v) is 14.5. The molecule has 3 rings (SSSR count). The van der Waals surface area contributed by atoms with Crippen molar-refractivity contribution in [2.75, 3.05) is 6.61 Å². The Morgan fingerprint density at radius 2 is 1.88 bits per heavy atom. The Labute approximate surface area is 151 Å². The summed E-state index contributed by atoms with van der Waals surface area (Å²) in [6, 6.07) is 18.7. The van der Waals surface area contributed by atoms with E-state index in [9.17, 15) is 4.79 Å². The van der Waals surface area contributed by atoms with Gasteiger partial charge in [0.15, 0.2) is 0 Å². The molecular formula is C20H17ClN2O2. The van der Waals surface area contributed by atoms with Crippen LogP contribution >= 0.6 is 11.6 Å². The highest BCUT2D eigenvalue weighted by molar-refractivity contribution is 6.33. The van der Waals surface area contributed by atoms with Crippen molar-refractivity contribution in [3.8, 4) is 5.75 Å². The molecule has 0 unspecified atom stereocenters. The van der Waals surface area contributed by atoms with Gasteiger partial charge in [0.2, 0.25) is 0 Å². The first-order valence-corrected chi connectivity index (χ1v) is 8.31. The number of nitrogens with one attached hydrogen (secondary N) is 1.